The molecular weight excluding hydrogens is 418 g/mol. The second-order valence-electron chi connectivity index (χ2n) is 4.58. The molecular formula is C14H10BrN3O4S2. The number of esters is 1. The second-order valence-corrected chi connectivity index (χ2v) is 8.21. The van der Waals surface area contributed by atoms with Gasteiger partial charge in [-0.3, -0.25) is 0 Å². The molecule has 1 aromatic carbocycles. The highest BCUT2D eigenvalue weighted by Crippen LogP contribution is 2.23. The van der Waals surface area contributed by atoms with E-state index in [9.17, 15) is 13.2 Å². The van der Waals surface area contributed by atoms with Gasteiger partial charge in [0.05, 0.1) is 4.90 Å². The van der Waals surface area contributed by atoms with Crippen LogP contribution in [0.2, 0.25) is 0 Å². The highest BCUT2D eigenvalue weighted by molar-refractivity contribution is 9.10. The normalized spacial score (nSPS) is 11.4. The van der Waals surface area contributed by atoms with E-state index in [4.69, 9.17) is 10.5 Å². The molecule has 0 aliphatic carbocycles. The van der Waals surface area contributed by atoms with Gasteiger partial charge < -0.3 is 10.5 Å². The van der Waals surface area contributed by atoms with E-state index in [0.29, 0.717) is 8.96 Å². The number of aromatic nitrogens is 2. The number of benzene rings is 1. The number of thiophene rings is 1. The summed E-state index contributed by atoms with van der Waals surface area (Å²) in [6.45, 7) is 0. The third kappa shape index (κ3) is 3.21. The topological polar surface area (TPSA) is 104 Å². The van der Waals surface area contributed by atoms with E-state index < -0.39 is 16.0 Å². The molecule has 24 heavy (non-hydrogen) atoms. The first-order chi connectivity index (χ1) is 11.4. The largest absolute Gasteiger partial charge is 0.401 e. The lowest BCUT2D eigenvalue weighted by atomic mass is 10.4. The molecule has 0 aliphatic heterocycles. The number of rotatable bonds is 4. The lowest BCUT2D eigenvalue weighted by Gasteiger charge is -2.05. The van der Waals surface area contributed by atoms with E-state index in [0.717, 1.165) is 4.47 Å². The van der Waals surface area contributed by atoms with Gasteiger partial charge in [0.2, 0.25) is 5.88 Å². The van der Waals surface area contributed by atoms with Gasteiger partial charge in [0.1, 0.15) is 10.7 Å². The summed E-state index contributed by atoms with van der Waals surface area (Å²) in [4.78, 5) is 12.3. The van der Waals surface area contributed by atoms with Crippen LogP contribution in [-0.4, -0.2) is 23.6 Å². The Hall–Kier alpha value is -2.17. The third-order valence-corrected chi connectivity index (χ3v) is 5.93. The Kier molecular flexibility index (Phi) is 4.43. The van der Waals surface area contributed by atoms with Crippen molar-refractivity contribution >= 4 is 49.1 Å². The van der Waals surface area contributed by atoms with Crippen molar-refractivity contribution < 1.29 is 17.9 Å². The van der Waals surface area contributed by atoms with Crippen LogP contribution in [0.25, 0.3) is 0 Å². The molecule has 2 N–H and O–H groups in total. The molecule has 124 valence electrons. The summed E-state index contributed by atoms with van der Waals surface area (Å²) >= 11 is 4.44. The Bertz CT molecular complexity index is 980. The Labute approximate surface area is 149 Å². The van der Waals surface area contributed by atoms with Gasteiger partial charge in [-0.1, -0.05) is 22.0 Å². The van der Waals surface area contributed by atoms with Gasteiger partial charge in [0.25, 0.3) is 10.0 Å². The van der Waals surface area contributed by atoms with Crippen molar-refractivity contribution in [3.05, 3.63) is 57.2 Å². The van der Waals surface area contributed by atoms with Gasteiger partial charge >= 0.3 is 5.97 Å². The van der Waals surface area contributed by atoms with Crippen molar-refractivity contribution in [3.8, 4) is 5.88 Å². The molecule has 0 fully saturated rings. The van der Waals surface area contributed by atoms with Gasteiger partial charge in [-0.2, -0.15) is 8.42 Å². The van der Waals surface area contributed by atoms with E-state index in [1.54, 1.807) is 29.6 Å². The molecule has 0 saturated heterocycles. The van der Waals surface area contributed by atoms with Gasteiger partial charge in [-0.05, 0) is 35.7 Å². The number of nitrogens with two attached hydrogens (primary N) is 1. The molecule has 2 heterocycles. The average Bonchev–Trinajstić information content (AvgIpc) is 3.17. The van der Waals surface area contributed by atoms with Crippen molar-refractivity contribution in [2.24, 2.45) is 0 Å². The molecule has 0 spiro atoms. The van der Waals surface area contributed by atoms with E-state index in [1.165, 1.54) is 29.5 Å². The summed E-state index contributed by atoms with van der Waals surface area (Å²) in [6.07, 6.45) is 0. The minimum Gasteiger partial charge on any atom is -0.401 e. The maximum Gasteiger partial charge on any atom is 0.355 e. The monoisotopic (exact) mass is 427 g/mol. The number of anilines is 1. The molecule has 3 rings (SSSR count). The standard InChI is InChI=1S/C14H10BrN3O4S2/c15-9-3-5-10(6-4-9)24(20,21)18-12(16)8-13(17-18)22-14(19)11-2-1-7-23-11/h1-8H,16H2. The predicted octanol–water partition coefficient (Wildman–Crippen LogP) is 2.75. The molecule has 0 unspecified atom stereocenters. The molecule has 0 bridgehead atoms. The van der Waals surface area contributed by atoms with Gasteiger partial charge in [0.15, 0.2) is 0 Å². The van der Waals surface area contributed by atoms with E-state index in [-0.39, 0.29) is 16.6 Å². The molecule has 0 aliphatic rings. The van der Waals surface area contributed by atoms with Crippen LogP contribution >= 0.6 is 27.3 Å². The number of carbonyl (C=O) groups is 1. The Morgan fingerprint density at radius 2 is 1.96 bits per heavy atom. The number of hydrogen-bond donors (Lipinski definition) is 1. The van der Waals surface area contributed by atoms with Crippen LogP contribution in [0.1, 0.15) is 9.67 Å². The number of ether oxygens (including phenoxy) is 1. The highest BCUT2D eigenvalue weighted by atomic mass is 79.9. The van der Waals surface area contributed by atoms with E-state index in [2.05, 4.69) is 21.0 Å². The van der Waals surface area contributed by atoms with Crippen molar-refractivity contribution in [2.45, 2.75) is 4.90 Å². The fourth-order valence-corrected chi connectivity index (χ4v) is 3.91. The smallest absolute Gasteiger partial charge is 0.355 e. The first-order valence-electron chi connectivity index (χ1n) is 6.50. The second kappa shape index (κ2) is 6.38. The van der Waals surface area contributed by atoms with Gasteiger partial charge in [-0.15, -0.1) is 20.5 Å². The zero-order valence-corrected chi connectivity index (χ0v) is 15.1. The van der Waals surface area contributed by atoms with Crippen molar-refractivity contribution in [3.63, 3.8) is 0 Å². The molecule has 0 radical (unpaired) electrons. The summed E-state index contributed by atoms with van der Waals surface area (Å²) < 4.78 is 31.5. The molecule has 0 amide bonds. The number of nitrogens with zero attached hydrogens (tertiary/aromatic N) is 2. The molecule has 10 heteroatoms. The third-order valence-electron chi connectivity index (χ3n) is 2.94. The summed E-state index contributed by atoms with van der Waals surface area (Å²) in [5, 5.41) is 5.51. The first kappa shape index (κ1) is 16.7. The molecule has 2 aromatic heterocycles. The van der Waals surface area contributed by atoms with Crippen LogP contribution in [0.3, 0.4) is 0 Å². The Morgan fingerprint density at radius 1 is 1.25 bits per heavy atom. The van der Waals surface area contributed by atoms with Crippen LogP contribution in [0.15, 0.2) is 57.2 Å². The lowest BCUT2D eigenvalue weighted by Crippen LogP contribution is -2.17. The summed E-state index contributed by atoms with van der Waals surface area (Å²) in [7, 11) is -3.98. The fourth-order valence-electron chi connectivity index (χ4n) is 1.85. The van der Waals surface area contributed by atoms with E-state index >= 15 is 0 Å². The first-order valence-corrected chi connectivity index (χ1v) is 9.61. The van der Waals surface area contributed by atoms with Gasteiger partial charge in [-0.25, -0.2) is 4.79 Å². The number of hydrogen-bond acceptors (Lipinski definition) is 7. The quantitative estimate of drug-likeness (QED) is 0.641. The Morgan fingerprint density at radius 3 is 2.58 bits per heavy atom. The maximum atomic E-state index is 12.6. The number of nitrogen functional groups attached to an aromatic ring is 1. The molecule has 7 nitrogen and oxygen atoms in total. The van der Waals surface area contributed by atoms with Crippen LogP contribution < -0.4 is 10.5 Å². The summed E-state index contributed by atoms with van der Waals surface area (Å²) in [5.41, 5.74) is 5.71. The minimum absolute atomic E-state index is 0.0108. The number of carbonyl (C=O) groups excluding carboxylic acids is 1. The maximum absolute atomic E-state index is 12.6. The zero-order valence-electron chi connectivity index (χ0n) is 11.9. The predicted molar refractivity (Wildman–Crippen MR) is 92.6 cm³/mol. The fraction of sp³-hybridized carbons (Fsp3) is 0. The summed E-state index contributed by atoms with van der Waals surface area (Å²) in [5.74, 6) is -0.978. The minimum atomic E-state index is -3.98. The van der Waals surface area contributed by atoms with Crippen LogP contribution in [0.5, 0.6) is 5.88 Å². The van der Waals surface area contributed by atoms with Crippen molar-refractivity contribution in [2.75, 3.05) is 5.73 Å². The van der Waals surface area contributed by atoms with E-state index in [1.807, 2.05) is 0 Å². The lowest BCUT2D eigenvalue weighted by molar-refractivity contribution is 0.0732. The molecule has 3 aromatic rings. The highest BCUT2D eigenvalue weighted by Gasteiger charge is 2.23. The van der Waals surface area contributed by atoms with Crippen molar-refractivity contribution in [1.82, 2.24) is 9.19 Å². The molecule has 0 saturated carbocycles. The van der Waals surface area contributed by atoms with Crippen LogP contribution in [0, 0.1) is 0 Å². The van der Waals surface area contributed by atoms with Gasteiger partial charge in [0, 0.05) is 10.5 Å². The molecule has 0 atom stereocenters. The zero-order chi connectivity index (χ0) is 17.3. The average molecular weight is 428 g/mol. The van der Waals surface area contributed by atoms with Crippen molar-refractivity contribution in [1.29, 1.82) is 0 Å². The van der Waals surface area contributed by atoms with Crippen LogP contribution in [0.4, 0.5) is 5.82 Å². The SMILES string of the molecule is Nc1cc(OC(=O)c2cccs2)nn1S(=O)(=O)c1ccc(Br)cc1. The number of halogens is 1. The Balaban J connectivity index is 1.91. The van der Waals surface area contributed by atoms with Crippen LogP contribution in [-0.2, 0) is 10.0 Å². The summed E-state index contributed by atoms with van der Waals surface area (Å²) in [6, 6.07) is 10.5.